The number of ether oxygens (including phenoxy) is 1. The van der Waals surface area contributed by atoms with Gasteiger partial charge in [-0.15, -0.1) is 0 Å². The van der Waals surface area contributed by atoms with Gasteiger partial charge in [0.05, 0.1) is 23.4 Å². The summed E-state index contributed by atoms with van der Waals surface area (Å²) in [6, 6.07) is 10.3. The molecule has 0 bridgehead atoms. The molecule has 4 nitrogen and oxygen atoms in total. The summed E-state index contributed by atoms with van der Waals surface area (Å²) in [5.74, 6) is 0.506. The molecule has 0 aliphatic carbocycles. The standard InChI is InChI=1S/C19H14F3NO3/c1-11-8-17(24)26-18-12(11)6-7-16-13(18)9-23(10-25-16)15-5-3-2-4-14(15)19(20,21)22/h2-8H,9-10H2,1H3. The number of rotatable bonds is 1. The number of aryl methyl sites for hydroxylation is 1. The van der Waals surface area contributed by atoms with Crippen molar-refractivity contribution in [3.05, 3.63) is 69.6 Å². The van der Waals surface area contributed by atoms with Gasteiger partial charge in [0.25, 0.3) is 0 Å². The summed E-state index contributed by atoms with van der Waals surface area (Å²) in [5.41, 5.74) is 0.443. The van der Waals surface area contributed by atoms with Crippen LogP contribution in [0, 0.1) is 6.92 Å². The molecule has 0 N–H and O–H groups in total. The molecule has 134 valence electrons. The van der Waals surface area contributed by atoms with E-state index in [1.165, 1.54) is 23.1 Å². The Morgan fingerprint density at radius 3 is 2.65 bits per heavy atom. The summed E-state index contributed by atoms with van der Waals surface area (Å²) >= 11 is 0. The van der Waals surface area contributed by atoms with Crippen LogP contribution in [-0.2, 0) is 12.7 Å². The summed E-state index contributed by atoms with van der Waals surface area (Å²) < 4.78 is 51.0. The van der Waals surface area contributed by atoms with Crippen molar-refractivity contribution < 1.29 is 22.3 Å². The van der Waals surface area contributed by atoms with Gasteiger partial charge in [-0.1, -0.05) is 12.1 Å². The zero-order valence-electron chi connectivity index (χ0n) is 13.8. The number of halogens is 3. The van der Waals surface area contributed by atoms with E-state index in [1.807, 2.05) is 0 Å². The SMILES string of the molecule is Cc1cc(=O)oc2c3c(ccc12)OCN(c1ccccc1C(F)(F)F)C3. The van der Waals surface area contributed by atoms with Crippen LogP contribution >= 0.6 is 0 Å². The molecule has 0 spiro atoms. The van der Waals surface area contributed by atoms with Crippen molar-refractivity contribution in [2.75, 3.05) is 11.6 Å². The highest BCUT2D eigenvalue weighted by Gasteiger charge is 2.35. The molecule has 2 aromatic carbocycles. The van der Waals surface area contributed by atoms with Crippen molar-refractivity contribution in [3.8, 4) is 5.75 Å². The predicted octanol–water partition coefficient (Wildman–Crippen LogP) is 4.48. The van der Waals surface area contributed by atoms with Crippen LogP contribution < -0.4 is 15.3 Å². The topological polar surface area (TPSA) is 42.7 Å². The van der Waals surface area contributed by atoms with Gasteiger partial charge < -0.3 is 14.1 Å². The van der Waals surface area contributed by atoms with E-state index in [0.717, 1.165) is 17.0 Å². The molecule has 0 unspecified atom stereocenters. The second-order valence-electron chi connectivity index (χ2n) is 6.15. The van der Waals surface area contributed by atoms with Crippen LogP contribution in [0.25, 0.3) is 11.0 Å². The third kappa shape index (κ3) is 2.69. The van der Waals surface area contributed by atoms with Gasteiger partial charge in [0.15, 0.2) is 6.73 Å². The van der Waals surface area contributed by atoms with Gasteiger partial charge >= 0.3 is 11.8 Å². The minimum atomic E-state index is -4.47. The van der Waals surface area contributed by atoms with Gasteiger partial charge in [0.2, 0.25) is 0 Å². The molecule has 0 fully saturated rings. The minimum Gasteiger partial charge on any atom is -0.473 e. The van der Waals surface area contributed by atoms with E-state index in [9.17, 15) is 18.0 Å². The molecule has 1 aliphatic heterocycles. The van der Waals surface area contributed by atoms with E-state index in [0.29, 0.717) is 16.9 Å². The Morgan fingerprint density at radius 2 is 1.88 bits per heavy atom. The molecule has 0 amide bonds. The number of nitrogens with zero attached hydrogens (tertiary/aromatic N) is 1. The van der Waals surface area contributed by atoms with Gasteiger partial charge in [-0.3, -0.25) is 0 Å². The van der Waals surface area contributed by atoms with Crippen LogP contribution in [0.15, 0.2) is 51.7 Å². The molecule has 1 aromatic heterocycles. The summed E-state index contributed by atoms with van der Waals surface area (Å²) in [5, 5.41) is 0.734. The summed E-state index contributed by atoms with van der Waals surface area (Å²) in [6.07, 6.45) is -4.47. The van der Waals surface area contributed by atoms with Crippen molar-refractivity contribution in [2.24, 2.45) is 0 Å². The normalized spacial score (nSPS) is 14.2. The van der Waals surface area contributed by atoms with Gasteiger partial charge in [-0.2, -0.15) is 13.2 Å². The van der Waals surface area contributed by atoms with Gasteiger partial charge in [-0.25, -0.2) is 4.79 Å². The highest BCUT2D eigenvalue weighted by atomic mass is 19.4. The Morgan fingerprint density at radius 1 is 1.12 bits per heavy atom. The lowest BCUT2D eigenvalue weighted by Crippen LogP contribution is -2.33. The Kier molecular flexibility index (Phi) is 3.68. The molecule has 0 radical (unpaired) electrons. The maximum absolute atomic E-state index is 13.3. The van der Waals surface area contributed by atoms with Crippen molar-refractivity contribution in [3.63, 3.8) is 0 Å². The number of para-hydroxylation sites is 1. The molecule has 2 heterocycles. The first kappa shape index (κ1) is 16.5. The maximum atomic E-state index is 13.3. The lowest BCUT2D eigenvalue weighted by atomic mass is 10.0. The Labute approximate surface area is 146 Å². The smallest absolute Gasteiger partial charge is 0.418 e. The number of hydrogen-bond donors (Lipinski definition) is 0. The Hall–Kier alpha value is -2.96. The average molecular weight is 361 g/mol. The van der Waals surface area contributed by atoms with E-state index in [1.54, 1.807) is 25.1 Å². The first-order valence-electron chi connectivity index (χ1n) is 7.95. The maximum Gasteiger partial charge on any atom is 0.418 e. The zero-order chi connectivity index (χ0) is 18.5. The quantitative estimate of drug-likeness (QED) is 0.600. The second kappa shape index (κ2) is 5.79. The van der Waals surface area contributed by atoms with Gasteiger partial charge in [-0.05, 0) is 36.8 Å². The van der Waals surface area contributed by atoms with E-state index in [4.69, 9.17) is 9.15 Å². The van der Waals surface area contributed by atoms with Crippen LogP contribution in [0.3, 0.4) is 0 Å². The van der Waals surface area contributed by atoms with E-state index in [-0.39, 0.29) is 19.0 Å². The van der Waals surface area contributed by atoms with Crippen LogP contribution in [0.4, 0.5) is 18.9 Å². The van der Waals surface area contributed by atoms with Crippen LogP contribution in [0.2, 0.25) is 0 Å². The summed E-state index contributed by atoms with van der Waals surface area (Å²) in [6.45, 7) is 1.90. The van der Waals surface area contributed by atoms with Crippen molar-refractivity contribution in [1.29, 1.82) is 0 Å². The van der Waals surface area contributed by atoms with Gasteiger partial charge in [0.1, 0.15) is 11.3 Å². The van der Waals surface area contributed by atoms with Crippen LogP contribution in [0.1, 0.15) is 16.7 Å². The average Bonchev–Trinajstić information content (AvgIpc) is 2.60. The fourth-order valence-corrected chi connectivity index (χ4v) is 3.23. The number of hydrogen-bond acceptors (Lipinski definition) is 4. The summed E-state index contributed by atoms with van der Waals surface area (Å²) in [7, 11) is 0. The molecule has 1 aliphatic rings. The Bertz CT molecular complexity index is 1060. The molecule has 0 saturated carbocycles. The lowest BCUT2D eigenvalue weighted by molar-refractivity contribution is -0.137. The molecular formula is C19H14F3NO3. The van der Waals surface area contributed by atoms with Crippen LogP contribution in [0.5, 0.6) is 5.75 Å². The lowest BCUT2D eigenvalue weighted by Gasteiger charge is -2.32. The number of fused-ring (bicyclic) bond motifs is 3. The van der Waals surface area contributed by atoms with E-state index < -0.39 is 17.4 Å². The molecule has 4 rings (SSSR count). The van der Waals surface area contributed by atoms with E-state index >= 15 is 0 Å². The number of anilines is 1. The van der Waals surface area contributed by atoms with Crippen LogP contribution in [-0.4, -0.2) is 6.73 Å². The molecule has 0 saturated heterocycles. The van der Waals surface area contributed by atoms with Gasteiger partial charge in [0, 0.05) is 11.5 Å². The third-order valence-electron chi connectivity index (χ3n) is 4.45. The molecule has 26 heavy (non-hydrogen) atoms. The van der Waals surface area contributed by atoms with E-state index in [2.05, 4.69) is 0 Å². The molecule has 3 aromatic rings. The molecule has 0 atom stereocenters. The first-order valence-corrected chi connectivity index (χ1v) is 7.95. The second-order valence-corrected chi connectivity index (χ2v) is 6.15. The highest BCUT2D eigenvalue weighted by Crippen LogP contribution is 2.40. The molecular weight excluding hydrogens is 347 g/mol. The predicted molar refractivity (Wildman–Crippen MR) is 90.3 cm³/mol. The molecule has 7 heteroatoms. The van der Waals surface area contributed by atoms with Crippen molar-refractivity contribution in [2.45, 2.75) is 19.6 Å². The van der Waals surface area contributed by atoms with Crippen molar-refractivity contribution >= 4 is 16.7 Å². The minimum absolute atomic E-state index is 0.0256. The fraction of sp³-hybridized carbons (Fsp3) is 0.211. The highest BCUT2D eigenvalue weighted by molar-refractivity contribution is 5.85. The fourth-order valence-electron chi connectivity index (χ4n) is 3.23. The largest absolute Gasteiger partial charge is 0.473 e. The first-order chi connectivity index (χ1) is 12.3. The Balaban J connectivity index is 1.84. The van der Waals surface area contributed by atoms with Crippen molar-refractivity contribution in [1.82, 2.24) is 0 Å². The third-order valence-corrected chi connectivity index (χ3v) is 4.45. The number of alkyl halides is 3. The summed E-state index contributed by atoms with van der Waals surface area (Å²) in [4.78, 5) is 13.2. The monoisotopic (exact) mass is 361 g/mol. The number of benzene rings is 2. The zero-order valence-corrected chi connectivity index (χ0v) is 13.8.